The number of benzene rings is 1. The van der Waals surface area contributed by atoms with Crippen molar-refractivity contribution in [2.45, 2.75) is 6.61 Å². The second-order valence-electron chi connectivity index (χ2n) is 3.66. The third-order valence-electron chi connectivity index (χ3n) is 2.36. The van der Waals surface area contributed by atoms with Crippen LogP contribution in [0.25, 0.3) is 0 Å². The van der Waals surface area contributed by atoms with Crippen molar-refractivity contribution >= 4 is 5.97 Å². The van der Waals surface area contributed by atoms with Gasteiger partial charge in [0, 0.05) is 5.56 Å². The highest BCUT2D eigenvalue weighted by Gasteiger charge is 2.17. The number of hydrogen-bond acceptors (Lipinski definition) is 4. The van der Waals surface area contributed by atoms with E-state index in [0.29, 0.717) is 11.3 Å². The molecule has 0 bridgehead atoms. The van der Waals surface area contributed by atoms with Crippen molar-refractivity contribution in [1.29, 1.82) is 0 Å². The van der Waals surface area contributed by atoms with Gasteiger partial charge in [-0.15, -0.1) is 6.42 Å². The van der Waals surface area contributed by atoms with Crippen molar-refractivity contribution in [2.75, 3.05) is 6.61 Å². The first-order valence-electron chi connectivity index (χ1n) is 5.66. The van der Waals surface area contributed by atoms with E-state index in [-0.39, 0.29) is 19.0 Å². The van der Waals surface area contributed by atoms with Crippen LogP contribution in [0.15, 0.2) is 47.1 Å². The molecule has 0 atom stereocenters. The summed E-state index contributed by atoms with van der Waals surface area (Å²) in [6.07, 6.45) is 6.43. The molecule has 19 heavy (non-hydrogen) atoms. The number of para-hydroxylation sites is 1. The van der Waals surface area contributed by atoms with Crippen LogP contribution < -0.4 is 4.74 Å². The summed E-state index contributed by atoms with van der Waals surface area (Å²) in [7, 11) is 0. The predicted molar refractivity (Wildman–Crippen MR) is 68.6 cm³/mol. The summed E-state index contributed by atoms with van der Waals surface area (Å²) in [6, 6.07) is 11.0. The fourth-order valence-electron chi connectivity index (χ4n) is 1.48. The topological polar surface area (TPSA) is 48.7 Å². The molecule has 0 fully saturated rings. The minimum atomic E-state index is -0.588. The van der Waals surface area contributed by atoms with Crippen LogP contribution >= 0.6 is 0 Å². The molecule has 0 amide bonds. The van der Waals surface area contributed by atoms with Crippen LogP contribution in [0, 0.1) is 12.3 Å². The Kier molecular flexibility index (Phi) is 4.25. The highest BCUT2D eigenvalue weighted by atomic mass is 16.5. The maximum atomic E-state index is 11.6. The van der Waals surface area contributed by atoms with E-state index < -0.39 is 5.97 Å². The number of ether oxygens (including phenoxy) is 2. The number of carbonyl (C=O) groups excluding carboxylic acids is 1. The third kappa shape index (κ3) is 3.39. The Morgan fingerprint density at radius 1 is 1.26 bits per heavy atom. The van der Waals surface area contributed by atoms with Crippen LogP contribution in [0.1, 0.15) is 16.1 Å². The Morgan fingerprint density at radius 2 is 2.05 bits per heavy atom. The van der Waals surface area contributed by atoms with Gasteiger partial charge in [0.25, 0.3) is 0 Å². The Hall–Kier alpha value is -2.67. The van der Waals surface area contributed by atoms with E-state index in [1.165, 1.54) is 6.26 Å². The number of esters is 1. The van der Waals surface area contributed by atoms with Crippen LogP contribution in [0.3, 0.4) is 0 Å². The van der Waals surface area contributed by atoms with Gasteiger partial charge in [0.05, 0.1) is 6.26 Å². The van der Waals surface area contributed by atoms with Crippen LogP contribution in [0.2, 0.25) is 0 Å². The second kappa shape index (κ2) is 6.31. The van der Waals surface area contributed by atoms with Crippen LogP contribution in [-0.2, 0) is 11.3 Å². The molecule has 0 aliphatic rings. The molecule has 0 aliphatic carbocycles. The van der Waals surface area contributed by atoms with Gasteiger partial charge in [0.2, 0.25) is 5.76 Å². The van der Waals surface area contributed by atoms with Crippen molar-refractivity contribution < 1.29 is 18.7 Å². The zero-order valence-electron chi connectivity index (χ0n) is 10.2. The van der Waals surface area contributed by atoms with Gasteiger partial charge < -0.3 is 13.9 Å². The largest absolute Gasteiger partial charge is 0.489 e. The molecule has 0 aliphatic heterocycles. The number of hydrogen-bond donors (Lipinski definition) is 0. The smallest absolute Gasteiger partial charge is 0.375 e. The summed E-state index contributed by atoms with van der Waals surface area (Å²) in [5, 5.41) is 0. The molecular weight excluding hydrogens is 244 g/mol. The van der Waals surface area contributed by atoms with Crippen LogP contribution in [0.4, 0.5) is 0 Å². The molecule has 2 aromatic rings. The van der Waals surface area contributed by atoms with Crippen molar-refractivity contribution in [1.82, 2.24) is 0 Å². The lowest BCUT2D eigenvalue weighted by atomic mass is 10.2. The van der Waals surface area contributed by atoms with Gasteiger partial charge in [0.15, 0.2) is 6.61 Å². The fraction of sp³-hybridized carbons (Fsp3) is 0.133. The standard InChI is InChI=1S/C15H12O4/c1-2-9-18-15(16)14-12(8-10-17-14)11-19-13-6-4-3-5-7-13/h1,3-8,10H,9,11H2. The number of rotatable bonds is 5. The lowest BCUT2D eigenvalue weighted by molar-refractivity contribution is 0.0516. The molecular formula is C15H12O4. The van der Waals surface area contributed by atoms with Gasteiger partial charge in [-0.25, -0.2) is 4.79 Å². The molecule has 0 saturated carbocycles. The number of carbonyl (C=O) groups is 1. The first kappa shape index (κ1) is 12.8. The molecule has 4 heteroatoms. The highest BCUT2D eigenvalue weighted by molar-refractivity contribution is 5.88. The SMILES string of the molecule is C#CCOC(=O)c1occc1COc1ccccc1. The summed E-state index contributed by atoms with van der Waals surface area (Å²) in [5.74, 6) is 2.46. The quantitative estimate of drug-likeness (QED) is 0.609. The van der Waals surface area contributed by atoms with Crippen molar-refractivity contribution in [3.05, 3.63) is 54.0 Å². The summed E-state index contributed by atoms with van der Waals surface area (Å²) in [5.41, 5.74) is 0.617. The van der Waals surface area contributed by atoms with E-state index in [9.17, 15) is 4.79 Å². The average Bonchev–Trinajstić information content (AvgIpc) is 2.92. The van der Waals surface area contributed by atoms with E-state index >= 15 is 0 Å². The maximum Gasteiger partial charge on any atom is 0.375 e. The van der Waals surface area contributed by atoms with Gasteiger partial charge in [-0.3, -0.25) is 0 Å². The Bertz CT molecular complexity index is 578. The lowest BCUT2D eigenvalue weighted by Crippen LogP contribution is -2.08. The molecule has 4 nitrogen and oxygen atoms in total. The Morgan fingerprint density at radius 3 is 2.79 bits per heavy atom. The molecule has 1 heterocycles. The van der Waals surface area contributed by atoms with E-state index in [1.54, 1.807) is 6.07 Å². The van der Waals surface area contributed by atoms with Crippen LogP contribution in [-0.4, -0.2) is 12.6 Å². The monoisotopic (exact) mass is 256 g/mol. The molecule has 0 radical (unpaired) electrons. The predicted octanol–water partition coefficient (Wildman–Crippen LogP) is 2.65. The van der Waals surface area contributed by atoms with Crippen molar-refractivity contribution in [2.24, 2.45) is 0 Å². The second-order valence-corrected chi connectivity index (χ2v) is 3.66. The minimum Gasteiger partial charge on any atom is -0.489 e. The first-order valence-corrected chi connectivity index (χ1v) is 5.66. The fourth-order valence-corrected chi connectivity index (χ4v) is 1.48. The molecule has 0 N–H and O–H groups in total. The van der Waals surface area contributed by atoms with E-state index in [2.05, 4.69) is 5.92 Å². The molecule has 0 unspecified atom stereocenters. The van der Waals surface area contributed by atoms with Gasteiger partial charge in [-0.1, -0.05) is 24.1 Å². The number of terminal acetylenes is 1. The molecule has 0 saturated heterocycles. The molecule has 2 rings (SSSR count). The molecule has 96 valence electrons. The summed E-state index contributed by atoms with van der Waals surface area (Å²) < 4.78 is 15.4. The Labute approximate surface area is 110 Å². The zero-order valence-corrected chi connectivity index (χ0v) is 10.2. The van der Waals surface area contributed by atoms with Gasteiger partial charge in [-0.2, -0.15) is 0 Å². The molecule has 1 aromatic carbocycles. The minimum absolute atomic E-state index is 0.0848. The summed E-state index contributed by atoms with van der Waals surface area (Å²) in [4.78, 5) is 11.6. The van der Waals surface area contributed by atoms with Gasteiger partial charge in [0.1, 0.15) is 12.4 Å². The van der Waals surface area contributed by atoms with E-state index in [4.69, 9.17) is 20.3 Å². The Balaban J connectivity index is 2.00. The lowest BCUT2D eigenvalue weighted by Gasteiger charge is -2.05. The van der Waals surface area contributed by atoms with Crippen LogP contribution in [0.5, 0.6) is 5.75 Å². The van der Waals surface area contributed by atoms with Crippen molar-refractivity contribution in [3.8, 4) is 18.1 Å². The molecule has 0 spiro atoms. The maximum absolute atomic E-state index is 11.6. The average molecular weight is 256 g/mol. The first-order chi connectivity index (χ1) is 9.31. The van der Waals surface area contributed by atoms with Gasteiger partial charge >= 0.3 is 5.97 Å². The van der Waals surface area contributed by atoms with Gasteiger partial charge in [-0.05, 0) is 18.2 Å². The van der Waals surface area contributed by atoms with E-state index in [1.807, 2.05) is 30.3 Å². The number of furan rings is 1. The zero-order chi connectivity index (χ0) is 13.5. The molecule has 1 aromatic heterocycles. The normalized spacial score (nSPS) is 9.63. The summed E-state index contributed by atoms with van der Waals surface area (Å²) in [6.45, 7) is 0.138. The van der Waals surface area contributed by atoms with Crippen molar-refractivity contribution in [3.63, 3.8) is 0 Å². The van der Waals surface area contributed by atoms with E-state index in [0.717, 1.165) is 0 Å². The third-order valence-corrected chi connectivity index (χ3v) is 2.36. The summed E-state index contributed by atoms with van der Waals surface area (Å²) >= 11 is 0. The highest BCUT2D eigenvalue weighted by Crippen LogP contribution is 2.16.